The number of nitrogens with zero attached hydrogens (tertiary/aromatic N) is 1. The van der Waals surface area contributed by atoms with Crippen LogP contribution in [-0.4, -0.2) is 18.4 Å². The average molecular weight is 298 g/mol. The van der Waals surface area contributed by atoms with Crippen molar-refractivity contribution in [2.75, 3.05) is 11.4 Å². The number of halogens is 1. The Balaban J connectivity index is 3.24. The molecule has 0 saturated heterocycles. The van der Waals surface area contributed by atoms with Crippen LogP contribution in [0.2, 0.25) is 0 Å². The second kappa shape index (κ2) is 6.20. The number of hydrogen-bond donors (Lipinski definition) is 0. The van der Waals surface area contributed by atoms with Gasteiger partial charge in [0, 0.05) is 28.3 Å². The Labute approximate surface area is 112 Å². The van der Waals surface area contributed by atoms with Crippen LogP contribution in [0.3, 0.4) is 0 Å². The molecule has 0 aromatic heterocycles. The van der Waals surface area contributed by atoms with Crippen LogP contribution < -0.4 is 4.90 Å². The summed E-state index contributed by atoms with van der Waals surface area (Å²) in [5, 5.41) is 0. The molecule has 0 spiro atoms. The zero-order valence-corrected chi connectivity index (χ0v) is 12.5. The molecule has 94 valence electrons. The number of ketones is 1. The minimum Gasteiger partial charge on any atom is -0.368 e. The monoisotopic (exact) mass is 297 g/mol. The van der Waals surface area contributed by atoms with Crippen LogP contribution in [0.4, 0.5) is 5.69 Å². The smallest absolute Gasteiger partial charge is 0.161 e. The van der Waals surface area contributed by atoms with Gasteiger partial charge < -0.3 is 4.90 Å². The Morgan fingerprint density at radius 1 is 1.41 bits per heavy atom. The highest BCUT2D eigenvalue weighted by atomic mass is 79.9. The van der Waals surface area contributed by atoms with Gasteiger partial charge in [-0.3, -0.25) is 4.79 Å². The van der Waals surface area contributed by atoms with Crippen molar-refractivity contribution in [2.24, 2.45) is 0 Å². The van der Waals surface area contributed by atoms with Crippen LogP contribution in [0.25, 0.3) is 0 Å². The zero-order valence-electron chi connectivity index (χ0n) is 11.0. The van der Waals surface area contributed by atoms with Gasteiger partial charge in [-0.05, 0) is 45.4 Å². The van der Waals surface area contributed by atoms with E-state index >= 15 is 0 Å². The van der Waals surface area contributed by atoms with Crippen molar-refractivity contribution in [3.8, 4) is 0 Å². The van der Waals surface area contributed by atoms with Crippen LogP contribution >= 0.6 is 15.9 Å². The lowest BCUT2D eigenvalue weighted by molar-refractivity contribution is 0.101. The van der Waals surface area contributed by atoms with E-state index in [-0.39, 0.29) is 5.78 Å². The van der Waals surface area contributed by atoms with Crippen molar-refractivity contribution in [2.45, 2.75) is 40.2 Å². The first-order valence-corrected chi connectivity index (χ1v) is 6.83. The molecule has 0 bridgehead atoms. The summed E-state index contributed by atoms with van der Waals surface area (Å²) in [6.07, 6.45) is 1.07. The molecular weight excluding hydrogens is 278 g/mol. The topological polar surface area (TPSA) is 20.3 Å². The lowest BCUT2D eigenvalue weighted by atomic mass is 10.1. The van der Waals surface area contributed by atoms with Gasteiger partial charge in [0.2, 0.25) is 0 Å². The van der Waals surface area contributed by atoms with Gasteiger partial charge in [-0.2, -0.15) is 0 Å². The van der Waals surface area contributed by atoms with Gasteiger partial charge in [-0.1, -0.05) is 22.9 Å². The van der Waals surface area contributed by atoms with E-state index in [1.807, 2.05) is 18.2 Å². The van der Waals surface area contributed by atoms with E-state index in [0.717, 1.165) is 28.7 Å². The molecule has 0 amide bonds. The molecule has 0 atom stereocenters. The number of rotatable bonds is 5. The van der Waals surface area contributed by atoms with E-state index in [9.17, 15) is 4.79 Å². The Hall–Kier alpha value is -0.830. The molecule has 0 unspecified atom stereocenters. The molecule has 0 aliphatic rings. The van der Waals surface area contributed by atoms with Crippen LogP contribution in [0.1, 0.15) is 44.5 Å². The molecule has 0 heterocycles. The molecule has 0 aliphatic heterocycles. The fourth-order valence-electron chi connectivity index (χ4n) is 1.94. The summed E-state index contributed by atoms with van der Waals surface area (Å²) in [5.74, 6) is 0.120. The largest absolute Gasteiger partial charge is 0.368 e. The van der Waals surface area contributed by atoms with Crippen LogP contribution in [0.15, 0.2) is 22.7 Å². The second-order valence-electron chi connectivity index (χ2n) is 4.50. The maximum atomic E-state index is 11.7. The summed E-state index contributed by atoms with van der Waals surface area (Å²) in [6, 6.07) is 6.24. The maximum Gasteiger partial charge on any atom is 0.161 e. The summed E-state index contributed by atoms with van der Waals surface area (Å²) in [6.45, 7) is 9.05. The number of benzene rings is 1. The number of anilines is 1. The normalized spacial score (nSPS) is 10.7. The molecule has 3 heteroatoms. The van der Waals surface area contributed by atoms with E-state index in [1.165, 1.54) is 0 Å². The number of carbonyl (C=O) groups excluding carboxylic acids is 1. The van der Waals surface area contributed by atoms with Crippen molar-refractivity contribution < 1.29 is 4.79 Å². The quantitative estimate of drug-likeness (QED) is 0.756. The van der Waals surface area contributed by atoms with Crippen LogP contribution in [0, 0.1) is 0 Å². The molecule has 1 aromatic rings. The molecule has 1 aromatic carbocycles. The molecule has 0 saturated carbocycles. The van der Waals surface area contributed by atoms with Gasteiger partial charge >= 0.3 is 0 Å². The Bertz CT molecular complexity index is 401. The van der Waals surface area contributed by atoms with E-state index in [0.29, 0.717) is 6.04 Å². The maximum absolute atomic E-state index is 11.7. The van der Waals surface area contributed by atoms with Crippen molar-refractivity contribution in [3.63, 3.8) is 0 Å². The Morgan fingerprint density at radius 3 is 2.53 bits per heavy atom. The third kappa shape index (κ3) is 3.56. The second-order valence-corrected chi connectivity index (χ2v) is 5.42. The van der Waals surface area contributed by atoms with Gasteiger partial charge in [-0.25, -0.2) is 0 Å². The predicted octanol–water partition coefficient (Wildman–Crippen LogP) is 4.28. The summed E-state index contributed by atoms with van der Waals surface area (Å²) in [5.41, 5.74) is 1.83. The summed E-state index contributed by atoms with van der Waals surface area (Å²) >= 11 is 3.48. The number of carbonyl (C=O) groups is 1. The van der Waals surface area contributed by atoms with Gasteiger partial charge in [0.25, 0.3) is 0 Å². The molecular formula is C14H20BrNO. The highest BCUT2D eigenvalue weighted by Crippen LogP contribution is 2.27. The van der Waals surface area contributed by atoms with Crippen molar-refractivity contribution in [1.29, 1.82) is 0 Å². The summed E-state index contributed by atoms with van der Waals surface area (Å²) in [4.78, 5) is 13.9. The summed E-state index contributed by atoms with van der Waals surface area (Å²) in [7, 11) is 0. The van der Waals surface area contributed by atoms with Gasteiger partial charge in [0.15, 0.2) is 5.78 Å². The minimum absolute atomic E-state index is 0.120. The zero-order chi connectivity index (χ0) is 13.0. The molecule has 0 fully saturated rings. The molecule has 0 radical (unpaired) electrons. The Kier molecular flexibility index (Phi) is 5.19. The van der Waals surface area contributed by atoms with E-state index in [2.05, 4.69) is 41.6 Å². The van der Waals surface area contributed by atoms with Crippen LogP contribution in [-0.2, 0) is 0 Å². The average Bonchev–Trinajstić information content (AvgIpc) is 2.24. The van der Waals surface area contributed by atoms with Crippen LogP contribution in [0.5, 0.6) is 0 Å². The van der Waals surface area contributed by atoms with E-state index < -0.39 is 0 Å². The van der Waals surface area contributed by atoms with Gasteiger partial charge in [0.1, 0.15) is 0 Å². The third-order valence-electron chi connectivity index (χ3n) is 2.74. The molecule has 1 rings (SSSR count). The van der Waals surface area contributed by atoms with E-state index in [4.69, 9.17) is 0 Å². The highest BCUT2D eigenvalue weighted by molar-refractivity contribution is 9.10. The number of hydrogen-bond acceptors (Lipinski definition) is 2. The fourth-order valence-corrected chi connectivity index (χ4v) is 2.29. The first-order valence-electron chi connectivity index (χ1n) is 6.04. The lowest BCUT2D eigenvalue weighted by Crippen LogP contribution is -2.32. The summed E-state index contributed by atoms with van der Waals surface area (Å²) < 4.78 is 1.01. The molecule has 0 N–H and O–H groups in total. The molecule has 0 aliphatic carbocycles. The number of Topliss-reactive ketones (excluding diaryl/α,β-unsaturated/α-hetero) is 1. The minimum atomic E-state index is 0.120. The highest BCUT2D eigenvalue weighted by Gasteiger charge is 2.16. The van der Waals surface area contributed by atoms with Crippen molar-refractivity contribution in [3.05, 3.63) is 28.2 Å². The fraction of sp³-hybridized carbons (Fsp3) is 0.500. The van der Waals surface area contributed by atoms with Crippen molar-refractivity contribution in [1.82, 2.24) is 0 Å². The lowest BCUT2D eigenvalue weighted by Gasteiger charge is -2.30. The van der Waals surface area contributed by atoms with Gasteiger partial charge in [-0.15, -0.1) is 0 Å². The molecule has 17 heavy (non-hydrogen) atoms. The predicted molar refractivity (Wildman–Crippen MR) is 76.9 cm³/mol. The first-order chi connectivity index (χ1) is 7.97. The van der Waals surface area contributed by atoms with Gasteiger partial charge in [0.05, 0.1) is 0 Å². The van der Waals surface area contributed by atoms with E-state index in [1.54, 1.807) is 6.92 Å². The van der Waals surface area contributed by atoms with Crippen molar-refractivity contribution >= 4 is 27.4 Å². The molecule has 2 nitrogen and oxygen atoms in total. The third-order valence-corrected chi connectivity index (χ3v) is 3.23. The first kappa shape index (κ1) is 14.2. The standard InChI is InChI=1S/C14H20BrNO/c1-5-8-16(10(2)3)14-9-12(15)6-7-13(14)11(4)17/h6-7,9-10H,5,8H2,1-4H3. The SMILES string of the molecule is CCCN(c1cc(Br)ccc1C(C)=O)C(C)C. The Morgan fingerprint density at radius 2 is 2.06 bits per heavy atom.